The molecule has 5 rings (SSSR count). The molecular weight excluding hydrogens is 559 g/mol. The number of aryl methyl sites for hydroxylation is 1. The first kappa shape index (κ1) is 29.5. The standard InChI is InChI=1S/C29H35FN8O3S/c1-5-22(38-13-7-12-37(3)14-15-38)28(39)36-27-26-19(10-11-31-27)20(17-32-26)25-18(2)16-33-29(35-25)34-21-8-6-9-23(24(21)30)42(4,40)41/h6,8-11,16-17,22,32H,5,7,12-15H2,1-4H3,(H,31,36,39)(H,33,34,35). The summed E-state index contributed by atoms with van der Waals surface area (Å²) in [5, 5.41) is 6.64. The number of sulfone groups is 1. The molecule has 11 nitrogen and oxygen atoms in total. The molecule has 0 radical (unpaired) electrons. The molecule has 0 saturated carbocycles. The van der Waals surface area contributed by atoms with Gasteiger partial charge < -0.3 is 20.5 Å². The van der Waals surface area contributed by atoms with E-state index < -0.39 is 20.5 Å². The van der Waals surface area contributed by atoms with Gasteiger partial charge in [-0.05, 0) is 57.1 Å². The van der Waals surface area contributed by atoms with Gasteiger partial charge in [-0.25, -0.2) is 27.8 Å². The van der Waals surface area contributed by atoms with Crippen molar-refractivity contribution in [1.82, 2.24) is 29.7 Å². The fourth-order valence-corrected chi connectivity index (χ4v) is 6.08. The van der Waals surface area contributed by atoms with E-state index in [0.29, 0.717) is 23.4 Å². The molecule has 0 spiro atoms. The highest BCUT2D eigenvalue weighted by Gasteiger charge is 2.27. The molecule has 1 unspecified atom stereocenters. The Labute approximate surface area is 244 Å². The van der Waals surface area contributed by atoms with Crippen molar-refractivity contribution in [3.8, 4) is 11.3 Å². The molecule has 1 aromatic carbocycles. The molecule has 4 aromatic rings. The Hall–Kier alpha value is -3.94. The maximum absolute atomic E-state index is 15.0. The number of halogens is 1. The summed E-state index contributed by atoms with van der Waals surface area (Å²) in [7, 11) is -1.65. The van der Waals surface area contributed by atoms with Crippen LogP contribution in [-0.2, 0) is 14.6 Å². The van der Waals surface area contributed by atoms with Crippen LogP contribution in [-0.4, -0.2) is 89.6 Å². The third-order valence-electron chi connectivity index (χ3n) is 7.56. The van der Waals surface area contributed by atoms with Crippen LogP contribution in [0.3, 0.4) is 0 Å². The third-order valence-corrected chi connectivity index (χ3v) is 8.68. The number of pyridine rings is 1. The van der Waals surface area contributed by atoms with Crippen LogP contribution in [0.4, 0.5) is 21.8 Å². The molecule has 1 saturated heterocycles. The van der Waals surface area contributed by atoms with Gasteiger partial charge in [-0.15, -0.1) is 0 Å². The lowest BCUT2D eigenvalue weighted by molar-refractivity contribution is -0.121. The first-order valence-electron chi connectivity index (χ1n) is 13.9. The summed E-state index contributed by atoms with van der Waals surface area (Å²) < 4.78 is 38.9. The second kappa shape index (κ2) is 12.1. The number of amides is 1. The molecule has 0 aliphatic carbocycles. The second-order valence-corrected chi connectivity index (χ2v) is 12.6. The average molecular weight is 595 g/mol. The summed E-state index contributed by atoms with van der Waals surface area (Å²) >= 11 is 0. The van der Waals surface area contributed by atoms with E-state index in [2.05, 4.69) is 47.4 Å². The monoisotopic (exact) mass is 594 g/mol. The number of aromatic nitrogens is 4. The van der Waals surface area contributed by atoms with E-state index in [-0.39, 0.29) is 23.6 Å². The highest BCUT2D eigenvalue weighted by atomic mass is 32.2. The molecule has 222 valence electrons. The largest absolute Gasteiger partial charge is 0.357 e. The molecule has 1 aliphatic heterocycles. The maximum atomic E-state index is 15.0. The van der Waals surface area contributed by atoms with E-state index in [1.54, 1.807) is 18.6 Å². The van der Waals surface area contributed by atoms with Crippen LogP contribution in [0.1, 0.15) is 25.3 Å². The number of nitrogens with one attached hydrogen (secondary N) is 3. The Morgan fingerprint density at radius 2 is 1.98 bits per heavy atom. The van der Waals surface area contributed by atoms with Crippen molar-refractivity contribution in [2.24, 2.45) is 0 Å². The molecule has 42 heavy (non-hydrogen) atoms. The molecule has 1 amide bonds. The number of fused-ring (bicyclic) bond motifs is 1. The highest BCUT2D eigenvalue weighted by Crippen LogP contribution is 2.33. The van der Waals surface area contributed by atoms with Crippen molar-refractivity contribution in [1.29, 1.82) is 0 Å². The van der Waals surface area contributed by atoms with Gasteiger partial charge in [-0.3, -0.25) is 9.69 Å². The lowest BCUT2D eigenvalue weighted by Gasteiger charge is -2.28. The van der Waals surface area contributed by atoms with E-state index in [0.717, 1.165) is 55.4 Å². The fraction of sp³-hybridized carbons (Fsp3) is 0.379. The zero-order valence-corrected chi connectivity index (χ0v) is 24.9. The molecule has 0 bridgehead atoms. The topological polar surface area (TPSA) is 136 Å². The molecule has 3 aromatic heterocycles. The van der Waals surface area contributed by atoms with Crippen LogP contribution in [0.2, 0.25) is 0 Å². The van der Waals surface area contributed by atoms with E-state index in [9.17, 15) is 17.6 Å². The van der Waals surface area contributed by atoms with Gasteiger partial charge in [0.1, 0.15) is 4.90 Å². The number of carbonyl (C=O) groups excluding carboxylic acids is 1. The van der Waals surface area contributed by atoms with Crippen molar-refractivity contribution in [3.05, 3.63) is 54.2 Å². The molecule has 3 N–H and O–H groups in total. The summed E-state index contributed by atoms with van der Waals surface area (Å²) in [5.74, 6) is -0.465. The molecular formula is C29H35FN8O3S. The first-order valence-corrected chi connectivity index (χ1v) is 15.7. The van der Waals surface area contributed by atoms with Gasteiger partial charge in [-0.1, -0.05) is 13.0 Å². The van der Waals surface area contributed by atoms with Crippen LogP contribution in [0.5, 0.6) is 0 Å². The Morgan fingerprint density at radius 1 is 1.17 bits per heavy atom. The van der Waals surface area contributed by atoms with E-state index in [4.69, 9.17) is 0 Å². The zero-order chi connectivity index (χ0) is 30.0. The van der Waals surface area contributed by atoms with Crippen LogP contribution >= 0.6 is 0 Å². The van der Waals surface area contributed by atoms with Crippen LogP contribution in [0, 0.1) is 12.7 Å². The first-order chi connectivity index (χ1) is 20.1. The van der Waals surface area contributed by atoms with Gasteiger partial charge >= 0.3 is 0 Å². The minimum absolute atomic E-state index is 0.0533. The predicted molar refractivity (Wildman–Crippen MR) is 161 cm³/mol. The van der Waals surface area contributed by atoms with Crippen LogP contribution < -0.4 is 10.6 Å². The number of H-pyrrole nitrogens is 1. The summed E-state index contributed by atoms with van der Waals surface area (Å²) in [6, 6.07) is 5.66. The number of hydrogen-bond acceptors (Lipinski definition) is 9. The predicted octanol–water partition coefficient (Wildman–Crippen LogP) is 3.97. The summed E-state index contributed by atoms with van der Waals surface area (Å²) in [5.41, 5.74) is 2.71. The molecule has 1 atom stereocenters. The Balaban J connectivity index is 1.42. The smallest absolute Gasteiger partial charge is 0.242 e. The number of nitrogens with zero attached hydrogens (tertiary/aromatic N) is 5. The molecule has 4 heterocycles. The Bertz CT molecular complexity index is 1730. The molecule has 1 fully saturated rings. The van der Waals surface area contributed by atoms with E-state index in [1.807, 2.05) is 19.9 Å². The van der Waals surface area contributed by atoms with Gasteiger partial charge in [0.25, 0.3) is 0 Å². The van der Waals surface area contributed by atoms with E-state index >= 15 is 0 Å². The minimum Gasteiger partial charge on any atom is -0.357 e. The number of rotatable bonds is 8. The van der Waals surface area contributed by atoms with Crippen LogP contribution in [0.15, 0.2) is 47.8 Å². The SMILES string of the molecule is CCC(C(=O)Nc1nccc2c(-c3nc(Nc4cccc(S(C)(=O)=O)c4F)ncc3C)c[nH]c12)N1CCCN(C)CC1. The van der Waals surface area contributed by atoms with Crippen molar-refractivity contribution in [2.45, 2.75) is 37.6 Å². The third kappa shape index (κ3) is 6.13. The number of aromatic amines is 1. The summed E-state index contributed by atoms with van der Waals surface area (Å²) in [4.78, 5) is 34.1. The molecule has 1 aliphatic rings. The van der Waals surface area contributed by atoms with Gasteiger partial charge in [-0.2, -0.15) is 0 Å². The van der Waals surface area contributed by atoms with Gasteiger partial charge in [0.2, 0.25) is 11.9 Å². The van der Waals surface area contributed by atoms with Crippen molar-refractivity contribution in [2.75, 3.05) is 50.1 Å². The zero-order valence-electron chi connectivity index (χ0n) is 24.1. The quantitative estimate of drug-likeness (QED) is 0.277. The van der Waals surface area contributed by atoms with Gasteiger partial charge in [0.15, 0.2) is 21.5 Å². The fourth-order valence-electron chi connectivity index (χ4n) is 5.32. The van der Waals surface area contributed by atoms with Gasteiger partial charge in [0, 0.05) is 55.4 Å². The number of benzene rings is 1. The number of likely N-dealkylation sites (N-methyl/N-ethyl adjacent to an activating group) is 1. The van der Waals surface area contributed by atoms with Crippen molar-refractivity contribution in [3.63, 3.8) is 0 Å². The number of hydrogen-bond donors (Lipinski definition) is 3. The van der Waals surface area contributed by atoms with Crippen LogP contribution in [0.25, 0.3) is 22.2 Å². The summed E-state index contributed by atoms with van der Waals surface area (Å²) in [6.45, 7) is 7.51. The lowest BCUT2D eigenvalue weighted by atomic mass is 10.1. The second-order valence-electron chi connectivity index (χ2n) is 10.6. The number of anilines is 3. The average Bonchev–Trinajstić information content (AvgIpc) is 3.27. The Morgan fingerprint density at radius 3 is 2.74 bits per heavy atom. The van der Waals surface area contributed by atoms with Gasteiger partial charge in [0.05, 0.1) is 22.9 Å². The normalized spacial score (nSPS) is 15.8. The van der Waals surface area contributed by atoms with Crippen molar-refractivity contribution >= 4 is 44.1 Å². The highest BCUT2D eigenvalue weighted by molar-refractivity contribution is 7.90. The lowest BCUT2D eigenvalue weighted by Crippen LogP contribution is -2.45. The number of carbonyl (C=O) groups is 1. The summed E-state index contributed by atoms with van der Waals surface area (Å²) in [6.07, 6.45) is 7.68. The van der Waals surface area contributed by atoms with E-state index in [1.165, 1.54) is 18.2 Å². The van der Waals surface area contributed by atoms with Crippen molar-refractivity contribution < 1.29 is 17.6 Å². The minimum atomic E-state index is -3.75. The maximum Gasteiger partial charge on any atom is 0.242 e. The Kier molecular flexibility index (Phi) is 8.53. The molecule has 13 heteroatoms.